The van der Waals surface area contributed by atoms with Gasteiger partial charge in [0, 0.05) is 11.1 Å². The van der Waals surface area contributed by atoms with Gasteiger partial charge in [0.1, 0.15) is 22.5 Å². The molecule has 0 bridgehead atoms. The maximum atomic E-state index is 9.95. The highest BCUT2D eigenvalue weighted by atomic mass is 16.3. The smallest absolute Gasteiger partial charge is 0.121 e. The molecule has 4 aromatic rings. The summed E-state index contributed by atoms with van der Waals surface area (Å²) >= 11 is 0. The predicted molar refractivity (Wildman–Crippen MR) is 125 cm³/mol. The summed E-state index contributed by atoms with van der Waals surface area (Å²) in [5.41, 5.74) is 5.28. The maximum absolute atomic E-state index is 9.95. The number of nitrogens with zero attached hydrogens (tertiary/aromatic N) is 3. The van der Waals surface area contributed by atoms with Crippen LogP contribution in [0.15, 0.2) is 60.7 Å². The second-order valence-corrected chi connectivity index (χ2v) is 8.02. The van der Waals surface area contributed by atoms with Gasteiger partial charge in [-0.25, -0.2) is 0 Å². The molecule has 0 aliphatic carbocycles. The third kappa shape index (κ3) is 4.88. The van der Waals surface area contributed by atoms with E-state index in [9.17, 15) is 10.2 Å². The lowest BCUT2D eigenvalue weighted by atomic mass is 9.97. The fraction of sp³-hybridized carbons (Fsp3) is 0.308. The number of aryl methyl sites for hydroxylation is 1. The molecule has 1 heterocycles. The molecule has 0 saturated carbocycles. The lowest BCUT2D eigenvalue weighted by Crippen LogP contribution is -2.02. The van der Waals surface area contributed by atoms with Crippen LogP contribution in [-0.2, 0) is 6.54 Å². The standard InChI is InChI=1S/C26H29N3O2/c1-2-3-4-5-6-7-16-29-27-25-23(19-10-8-12-21(30)17-19)14-15-24(26(25)28-29)20-11-9-13-22(31)18-20/h8-15,17-18,30-31H,2-7,16H2,1H3. The van der Waals surface area contributed by atoms with Gasteiger partial charge < -0.3 is 10.2 Å². The van der Waals surface area contributed by atoms with Crippen LogP contribution in [0.3, 0.4) is 0 Å². The highest BCUT2D eigenvalue weighted by molar-refractivity contribution is 6.00. The number of aromatic nitrogens is 3. The second-order valence-electron chi connectivity index (χ2n) is 8.02. The van der Waals surface area contributed by atoms with Crippen LogP contribution in [0.5, 0.6) is 11.5 Å². The SMILES string of the molecule is CCCCCCCCn1nc2c(-c3cccc(O)c3)ccc(-c3cccc(O)c3)c2n1. The van der Waals surface area contributed by atoms with E-state index in [1.807, 2.05) is 36.4 Å². The number of aromatic hydroxyl groups is 2. The molecule has 3 aromatic carbocycles. The van der Waals surface area contributed by atoms with Crippen molar-refractivity contribution < 1.29 is 10.2 Å². The van der Waals surface area contributed by atoms with Crippen LogP contribution in [0, 0.1) is 0 Å². The van der Waals surface area contributed by atoms with Gasteiger partial charge in [-0.05, 0) is 41.8 Å². The van der Waals surface area contributed by atoms with Crippen molar-refractivity contribution in [1.29, 1.82) is 0 Å². The molecule has 0 aliphatic rings. The molecule has 0 atom stereocenters. The first-order chi connectivity index (χ1) is 15.2. The number of rotatable bonds is 9. The Hall–Kier alpha value is -3.34. The van der Waals surface area contributed by atoms with E-state index in [1.54, 1.807) is 29.1 Å². The van der Waals surface area contributed by atoms with Gasteiger partial charge in [0.15, 0.2) is 0 Å². The average Bonchev–Trinajstić information content (AvgIpc) is 3.19. The Morgan fingerprint density at radius 1 is 0.677 bits per heavy atom. The fourth-order valence-corrected chi connectivity index (χ4v) is 3.98. The van der Waals surface area contributed by atoms with Crippen LogP contribution in [0.1, 0.15) is 45.4 Å². The zero-order valence-electron chi connectivity index (χ0n) is 18.0. The van der Waals surface area contributed by atoms with Gasteiger partial charge >= 0.3 is 0 Å². The third-order valence-corrected chi connectivity index (χ3v) is 5.61. The minimum Gasteiger partial charge on any atom is -0.508 e. The Balaban J connectivity index is 1.70. The van der Waals surface area contributed by atoms with E-state index >= 15 is 0 Å². The third-order valence-electron chi connectivity index (χ3n) is 5.61. The van der Waals surface area contributed by atoms with Crippen molar-refractivity contribution in [3.63, 3.8) is 0 Å². The van der Waals surface area contributed by atoms with Crippen molar-refractivity contribution in [2.45, 2.75) is 52.0 Å². The molecular formula is C26H29N3O2. The average molecular weight is 416 g/mol. The first-order valence-corrected chi connectivity index (χ1v) is 11.1. The first kappa shape index (κ1) is 20.9. The van der Waals surface area contributed by atoms with Crippen molar-refractivity contribution in [1.82, 2.24) is 15.0 Å². The normalized spacial score (nSPS) is 11.3. The summed E-state index contributed by atoms with van der Waals surface area (Å²) in [5, 5.41) is 29.5. The Morgan fingerprint density at radius 2 is 1.19 bits per heavy atom. The van der Waals surface area contributed by atoms with E-state index in [0.717, 1.165) is 46.3 Å². The van der Waals surface area contributed by atoms with Gasteiger partial charge in [0.25, 0.3) is 0 Å². The number of phenols is 2. The number of hydrogen-bond acceptors (Lipinski definition) is 4. The Labute approximate surface area is 183 Å². The number of unbranched alkanes of at least 4 members (excludes halogenated alkanes) is 5. The molecule has 0 radical (unpaired) electrons. The molecule has 5 nitrogen and oxygen atoms in total. The van der Waals surface area contributed by atoms with Gasteiger partial charge in [-0.2, -0.15) is 15.0 Å². The van der Waals surface area contributed by atoms with Crippen LogP contribution in [0.25, 0.3) is 33.3 Å². The summed E-state index contributed by atoms with van der Waals surface area (Å²) in [7, 11) is 0. The van der Waals surface area contributed by atoms with Gasteiger partial charge in [0.2, 0.25) is 0 Å². The molecule has 4 rings (SSSR count). The number of hydrogen-bond donors (Lipinski definition) is 2. The van der Waals surface area contributed by atoms with E-state index in [2.05, 4.69) is 6.92 Å². The molecule has 0 fully saturated rings. The van der Waals surface area contributed by atoms with Crippen LogP contribution >= 0.6 is 0 Å². The summed E-state index contributed by atoms with van der Waals surface area (Å²) in [6.07, 6.45) is 7.31. The lowest BCUT2D eigenvalue weighted by molar-refractivity contribution is 0.475. The van der Waals surface area contributed by atoms with E-state index in [1.165, 1.54) is 32.1 Å². The van der Waals surface area contributed by atoms with Gasteiger partial charge in [-0.1, -0.05) is 75.4 Å². The fourth-order valence-electron chi connectivity index (χ4n) is 3.98. The van der Waals surface area contributed by atoms with Gasteiger partial charge in [-0.3, -0.25) is 0 Å². The molecule has 31 heavy (non-hydrogen) atoms. The Morgan fingerprint density at radius 3 is 1.71 bits per heavy atom. The molecule has 0 saturated heterocycles. The number of phenolic OH excluding ortho intramolecular Hbond substituents is 2. The summed E-state index contributed by atoms with van der Waals surface area (Å²) in [6, 6.07) is 18.4. The van der Waals surface area contributed by atoms with Crippen LogP contribution in [0.4, 0.5) is 0 Å². The topological polar surface area (TPSA) is 71.2 Å². The molecule has 5 heteroatoms. The predicted octanol–water partition coefficient (Wildman–Crippen LogP) is 6.54. The second kappa shape index (κ2) is 9.65. The Kier molecular flexibility index (Phi) is 6.51. The van der Waals surface area contributed by atoms with Crippen molar-refractivity contribution >= 4 is 11.0 Å². The van der Waals surface area contributed by atoms with Crippen LogP contribution in [-0.4, -0.2) is 25.2 Å². The van der Waals surface area contributed by atoms with Crippen molar-refractivity contribution in [3.8, 4) is 33.8 Å². The minimum atomic E-state index is 0.224. The van der Waals surface area contributed by atoms with E-state index in [0.29, 0.717) is 0 Å². The molecule has 0 spiro atoms. The maximum Gasteiger partial charge on any atom is 0.121 e. The van der Waals surface area contributed by atoms with Crippen molar-refractivity contribution in [3.05, 3.63) is 60.7 Å². The quantitative estimate of drug-likeness (QED) is 0.305. The molecule has 1 aromatic heterocycles. The lowest BCUT2D eigenvalue weighted by Gasteiger charge is -2.07. The number of benzene rings is 3. The zero-order chi connectivity index (χ0) is 21.6. The van der Waals surface area contributed by atoms with Crippen molar-refractivity contribution in [2.24, 2.45) is 0 Å². The molecule has 160 valence electrons. The molecule has 0 amide bonds. The summed E-state index contributed by atoms with van der Waals surface area (Å²) in [5.74, 6) is 0.448. The largest absolute Gasteiger partial charge is 0.508 e. The van der Waals surface area contributed by atoms with Crippen LogP contribution < -0.4 is 0 Å². The first-order valence-electron chi connectivity index (χ1n) is 11.1. The monoisotopic (exact) mass is 415 g/mol. The van der Waals surface area contributed by atoms with Crippen molar-refractivity contribution in [2.75, 3.05) is 0 Å². The molecular weight excluding hydrogens is 386 g/mol. The molecule has 0 aliphatic heterocycles. The zero-order valence-corrected chi connectivity index (χ0v) is 18.0. The molecule has 2 N–H and O–H groups in total. The van der Waals surface area contributed by atoms with Gasteiger partial charge in [0.05, 0.1) is 6.54 Å². The summed E-state index contributed by atoms with van der Waals surface area (Å²) < 4.78 is 0. The summed E-state index contributed by atoms with van der Waals surface area (Å²) in [6.45, 7) is 3.01. The number of fused-ring (bicyclic) bond motifs is 1. The highest BCUT2D eigenvalue weighted by Crippen LogP contribution is 2.35. The van der Waals surface area contributed by atoms with Gasteiger partial charge in [-0.15, -0.1) is 0 Å². The molecule has 0 unspecified atom stereocenters. The van der Waals surface area contributed by atoms with Crippen LogP contribution in [0.2, 0.25) is 0 Å². The van der Waals surface area contributed by atoms with E-state index < -0.39 is 0 Å². The summed E-state index contributed by atoms with van der Waals surface area (Å²) in [4.78, 5) is 1.79. The van der Waals surface area contributed by atoms with E-state index in [4.69, 9.17) is 10.2 Å². The Bertz CT molecular complexity index is 1080. The van der Waals surface area contributed by atoms with E-state index in [-0.39, 0.29) is 11.5 Å². The minimum absolute atomic E-state index is 0.224. The highest BCUT2D eigenvalue weighted by Gasteiger charge is 2.15.